The molecular formula is C18H16N2O4S. The Morgan fingerprint density at radius 3 is 2.36 bits per heavy atom. The molecule has 0 fully saturated rings. The largest absolute Gasteiger partial charge is 0.435 e. The molecule has 1 atom stereocenters. The second kappa shape index (κ2) is 6.90. The van der Waals surface area contributed by atoms with Gasteiger partial charge in [-0.3, -0.25) is 0 Å². The highest BCUT2D eigenvalue weighted by Gasteiger charge is 2.34. The molecule has 0 spiro atoms. The number of nitrogens with one attached hydrogen (secondary N) is 1. The lowest BCUT2D eigenvalue weighted by Gasteiger charge is -2.17. The van der Waals surface area contributed by atoms with Crippen molar-refractivity contribution in [1.82, 2.24) is 9.97 Å². The molecule has 1 N–H and O–H groups in total. The molecule has 128 valence electrons. The number of hydrogen-bond acceptors (Lipinski definition) is 5. The fourth-order valence-electron chi connectivity index (χ4n) is 2.28. The van der Waals surface area contributed by atoms with Crippen LogP contribution < -0.4 is 0 Å². The SMILES string of the molecule is Cc1ccc(S(=O)(=O)C(OC(=O)c2ccccc2)c2cnc[nH]2)cc1. The Morgan fingerprint density at radius 2 is 1.76 bits per heavy atom. The zero-order chi connectivity index (χ0) is 17.9. The highest BCUT2D eigenvalue weighted by atomic mass is 32.2. The second-order valence-electron chi connectivity index (χ2n) is 5.47. The van der Waals surface area contributed by atoms with Crippen molar-refractivity contribution in [2.75, 3.05) is 0 Å². The summed E-state index contributed by atoms with van der Waals surface area (Å²) in [6.45, 7) is 1.86. The molecule has 0 saturated heterocycles. The van der Waals surface area contributed by atoms with Gasteiger partial charge in [0.25, 0.3) is 0 Å². The molecule has 1 heterocycles. The maximum Gasteiger partial charge on any atom is 0.339 e. The molecule has 0 aliphatic heterocycles. The number of aromatic amines is 1. The summed E-state index contributed by atoms with van der Waals surface area (Å²) in [5, 5.41) is 0. The van der Waals surface area contributed by atoms with E-state index in [0.29, 0.717) is 0 Å². The highest BCUT2D eigenvalue weighted by molar-refractivity contribution is 7.91. The first-order valence-electron chi connectivity index (χ1n) is 7.53. The van der Waals surface area contributed by atoms with Gasteiger partial charge < -0.3 is 9.72 Å². The van der Waals surface area contributed by atoms with Crippen LogP contribution in [0.25, 0.3) is 0 Å². The highest BCUT2D eigenvalue weighted by Crippen LogP contribution is 2.30. The number of carbonyl (C=O) groups excluding carboxylic acids is 1. The molecule has 25 heavy (non-hydrogen) atoms. The van der Waals surface area contributed by atoms with Crippen LogP contribution in [-0.2, 0) is 14.6 Å². The van der Waals surface area contributed by atoms with Crippen LogP contribution in [0.3, 0.4) is 0 Å². The van der Waals surface area contributed by atoms with Gasteiger partial charge in [-0.15, -0.1) is 0 Å². The molecule has 3 rings (SSSR count). The first-order chi connectivity index (χ1) is 12.0. The van der Waals surface area contributed by atoms with Gasteiger partial charge in [-0.2, -0.15) is 0 Å². The summed E-state index contributed by atoms with van der Waals surface area (Å²) in [6, 6.07) is 14.6. The van der Waals surface area contributed by atoms with Gasteiger partial charge in [-0.25, -0.2) is 18.2 Å². The van der Waals surface area contributed by atoms with Gasteiger partial charge in [-0.05, 0) is 31.2 Å². The molecule has 0 radical (unpaired) electrons. The number of nitrogens with zero attached hydrogens (tertiary/aromatic N) is 1. The number of benzene rings is 2. The Hall–Kier alpha value is -2.93. The fraction of sp³-hybridized carbons (Fsp3) is 0.111. The summed E-state index contributed by atoms with van der Waals surface area (Å²) >= 11 is 0. The number of hydrogen-bond donors (Lipinski definition) is 1. The third-order valence-corrected chi connectivity index (χ3v) is 5.47. The van der Waals surface area contributed by atoms with Gasteiger partial charge in [0.2, 0.25) is 15.3 Å². The van der Waals surface area contributed by atoms with Crippen molar-refractivity contribution in [1.29, 1.82) is 0 Å². The average Bonchev–Trinajstić information content (AvgIpc) is 3.14. The predicted octanol–water partition coefficient (Wildman–Crippen LogP) is 3.05. The molecule has 1 unspecified atom stereocenters. The van der Waals surface area contributed by atoms with E-state index in [1.54, 1.807) is 42.5 Å². The van der Waals surface area contributed by atoms with Gasteiger partial charge in [0, 0.05) is 0 Å². The first-order valence-corrected chi connectivity index (χ1v) is 9.08. The number of carbonyl (C=O) groups is 1. The Labute approximate surface area is 145 Å². The number of esters is 1. The standard InChI is InChI=1S/C18H16N2O4S/c1-13-7-9-15(10-8-13)25(22,23)18(16-11-19-12-20-16)24-17(21)14-5-3-2-4-6-14/h2-12,18H,1H3,(H,19,20). The van der Waals surface area contributed by atoms with Gasteiger partial charge in [0.05, 0.1) is 28.7 Å². The monoisotopic (exact) mass is 356 g/mol. The Kier molecular flexibility index (Phi) is 4.67. The zero-order valence-corrected chi connectivity index (χ0v) is 14.2. The number of sulfone groups is 1. The topological polar surface area (TPSA) is 89.1 Å². The van der Waals surface area contributed by atoms with Crippen LogP contribution in [-0.4, -0.2) is 24.4 Å². The van der Waals surface area contributed by atoms with E-state index in [0.717, 1.165) is 5.56 Å². The molecule has 0 aliphatic carbocycles. The molecule has 0 bridgehead atoms. The molecule has 0 amide bonds. The van der Waals surface area contributed by atoms with Gasteiger partial charge in [0.15, 0.2) is 0 Å². The molecule has 0 aliphatic rings. The van der Waals surface area contributed by atoms with Gasteiger partial charge in [-0.1, -0.05) is 35.9 Å². The summed E-state index contributed by atoms with van der Waals surface area (Å²) in [6.07, 6.45) is 2.66. The smallest absolute Gasteiger partial charge is 0.339 e. The fourth-order valence-corrected chi connectivity index (χ4v) is 3.72. The summed E-state index contributed by atoms with van der Waals surface area (Å²) < 4.78 is 31.3. The maximum absolute atomic E-state index is 13.0. The van der Waals surface area contributed by atoms with Gasteiger partial charge >= 0.3 is 5.97 Å². The van der Waals surface area contributed by atoms with Crippen molar-refractivity contribution < 1.29 is 17.9 Å². The van der Waals surface area contributed by atoms with Crippen LogP contribution in [0.2, 0.25) is 0 Å². The van der Waals surface area contributed by atoms with Crippen LogP contribution >= 0.6 is 0 Å². The summed E-state index contributed by atoms with van der Waals surface area (Å²) in [5.74, 6) is -0.726. The molecule has 0 saturated carbocycles. The lowest BCUT2D eigenvalue weighted by Crippen LogP contribution is -2.21. The third kappa shape index (κ3) is 3.61. The van der Waals surface area contributed by atoms with Crippen LogP contribution in [0.4, 0.5) is 0 Å². The minimum Gasteiger partial charge on any atom is -0.435 e. The molecule has 1 aromatic heterocycles. The summed E-state index contributed by atoms with van der Waals surface area (Å²) in [7, 11) is -3.96. The lowest BCUT2D eigenvalue weighted by atomic mass is 10.2. The first kappa shape index (κ1) is 16.9. The molecular weight excluding hydrogens is 340 g/mol. The van der Waals surface area contributed by atoms with Crippen LogP contribution in [0.1, 0.15) is 27.1 Å². The second-order valence-corrected chi connectivity index (χ2v) is 7.46. The predicted molar refractivity (Wildman–Crippen MR) is 91.6 cm³/mol. The van der Waals surface area contributed by atoms with Crippen molar-refractivity contribution >= 4 is 15.8 Å². The quantitative estimate of drug-likeness (QED) is 0.710. The van der Waals surface area contributed by atoms with Crippen molar-refractivity contribution in [2.24, 2.45) is 0 Å². The van der Waals surface area contributed by atoms with Crippen LogP contribution in [0, 0.1) is 6.92 Å². The van der Waals surface area contributed by atoms with Crippen molar-refractivity contribution in [3.8, 4) is 0 Å². The molecule has 2 aromatic carbocycles. The zero-order valence-electron chi connectivity index (χ0n) is 13.4. The average molecular weight is 356 g/mol. The summed E-state index contributed by atoms with van der Waals surface area (Å²) in [5.41, 5.74) is -0.125. The minimum atomic E-state index is -3.96. The van der Waals surface area contributed by atoms with E-state index in [1.807, 2.05) is 6.92 Å². The normalized spacial score (nSPS) is 12.5. The Bertz CT molecular complexity index is 950. The van der Waals surface area contributed by atoms with Crippen molar-refractivity contribution in [3.63, 3.8) is 0 Å². The van der Waals surface area contributed by atoms with E-state index in [2.05, 4.69) is 9.97 Å². The molecule has 7 heteroatoms. The Balaban J connectivity index is 1.98. The Morgan fingerprint density at radius 1 is 1.08 bits per heavy atom. The molecule has 6 nitrogen and oxygen atoms in total. The van der Waals surface area contributed by atoms with Crippen molar-refractivity contribution in [3.05, 3.63) is 83.9 Å². The van der Waals surface area contributed by atoms with Crippen molar-refractivity contribution in [2.45, 2.75) is 17.3 Å². The van der Waals surface area contributed by atoms with E-state index in [4.69, 9.17) is 4.74 Å². The number of rotatable bonds is 5. The number of ether oxygens (including phenoxy) is 1. The third-order valence-electron chi connectivity index (χ3n) is 3.63. The lowest BCUT2D eigenvalue weighted by molar-refractivity contribution is 0.0436. The maximum atomic E-state index is 13.0. The van der Waals surface area contributed by atoms with E-state index in [-0.39, 0.29) is 16.2 Å². The van der Waals surface area contributed by atoms with Gasteiger partial charge in [0.1, 0.15) is 0 Å². The summed E-state index contributed by atoms with van der Waals surface area (Å²) in [4.78, 5) is 19.0. The number of aryl methyl sites for hydroxylation is 1. The van der Waals surface area contributed by atoms with E-state index in [9.17, 15) is 13.2 Å². The molecule has 3 aromatic rings. The van der Waals surface area contributed by atoms with E-state index < -0.39 is 21.2 Å². The minimum absolute atomic E-state index is 0.0681. The number of aromatic nitrogens is 2. The van der Waals surface area contributed by atoms with Crippen LogP contribution in [0.5, 0.6) is 0 Å². The van der Waals surface area contributed by atoms with E-state index >= 15 is 0 Å². The number of H-pyrrole nitrogens is 1. The van der Waals surface area contributed by atoms with E-state index in [1.165, 1.54) is 24.7 Å². The number of imidazole rings is 1. The van der Waals surface area contributed by atoms with Crippen LogP contribution in [0.15, 0.2) is 72.0 Å².